The van der Waals surface area contributed by atoms with E-state index in [1.54, 1.807) is 6.92 Å². The highest BCUT2D eigenvalue weighted by molar-refractivity contribution is 5.93. The van der Waals surface area contributed by atoms with Gasteiger partial charge in [-0.25, -0.2) is 0 Å². The minimum Gasteiger partial charge on any atom is -0.295 e. The van der Waals surface area contributed by atoms with Crippen molar-refractivity contribution in [2.45, 2.75) is 35.1 Å². The summed E-state index contributed by atoms with van der Waals surface area (Å²) in [5.74, 6) is 0.125. The van der Waals surface area contributed by atoms with Crippen LogP contribution in [0.1, 0.15) is 41.4 Å². The number of benzene rings is 2. The highest BCUT2D eigenvalue weighted by Gasteiger charge is 1.95. The molecule has 0 aliphatic rings. The molecule has 0 aromatic heterocycles. The van der Waals surface area contributed by atoms with E-state index in [0.29, 0.717) is 0 Å². The van der Waals surface area contributed by atoms with Crippen LogP contribution >= 0.6 is 0 Å². The molecule has 19 heavy (non-hydrogen) atoms. The average Bonchev–Trinajstić information content (AvgIpc) is 2.30. The molecular formula is C18H24O. The zero-order chi connectivity index (χ0) is 13.5. The fourth-order valence-corrected chi connectivity index (χ4v) is 1.60. The van der Waals surface area contributed by atoms with Crippen LogP contribution in [-0.4, -0.2) is 5.78 Å². The number of carbonyl (C=O) groups excluding carboxylic acids is 1. The third kappa shape index (κ3) is 6.56. The number of hydrogen-bond donors (Lipinski definition) is 0. The highest BCUT2D eigenvalue weighted by Crippen LogP contribution is 2.02. The van der Waals surface area contributed by atoms with Gasteiger partial charge in [0, 0.05) is 5.56 Å². The first-order valence-electron chi connectivity index (χ1n) is 6.10. The molecule has 0 saturated heterocycles. The van der Waals surface area contributed by atoms with E-state index in [9.17, 15) is 4.79 Å². The van der Waals surface area contributed by atoms with E-state index >= 15 is 0 Å². The van der Waals surface area contributed by atoms with Crippen LogP contribution in [0.2, 0.25) is 0 Å². The molecule has 0 saturated carbocycles. The van der Waals surface area contributed by atoms with Gasteiger partial charge in [-0.1, -0.05) is 72.6 Å². The number of rotatable bonds is 1. The molecule has 0 radical (unpaired) electrons. The number of ketones is 1. The maximum absolute atomic E-state index is 10.8. The molecule has 0 fully saturated rings. The van der Waals surface area contributed by atoms with E-state index in [0.717, 1.165) is 5.56 Å². The Morgan fingerprint density at radius 3 is 1.58 bits per heavy atom. The van der Waals surface area contributed by atoms with Crippen molar-refractivity contribution in [2.75, 3.05) is 0 Å². The third-order valence-corrected chi connectivity index (χ3v) is 2.63. The monoisotopic (exact) mass is 256 g/mol. The summed E-state index contributed by atoms with van der Waals surface area (Å²) in [6, 6.07) is 16.0. The van der Waals surface area contributed by atoms with Gasteiger partial charge >= 0.3 is 0 Å². The summed E-state index contributed by atoms with van der Waals surface area (Å²) in [6.45, 7) is 7.79. The normalized spacial score (nSPS) is 8.84. The summed E-state index contributed by atoms with van der Waals surface area (Å²) in [6.07, 6.45) is 0. The van der Waals surface area contributed by atoms with Gasteiger partial charge in [-0.05, 0) is 27.7 Å². The topological polar surface area (TPSA) is 17.1 Å². The molecule has 0 unspecified atom stereocenters. The molecule has 1 heteroatoms. The maximum Gasteiger partial charge on any atom is 0.159 e. The van der Waals surface area contributed by atoms with Crippen LogP contribution in [0, 0.1) is 20.8 Å². The van der Waals surface area contributed by atoms with Gasteiger partial charge in [-0.2, -0.15) is 0 Å². The molecule has 2 aromatic rings. The van der Waals surface area contributed by atoms with Gasteiger partial charge in [0.2, 0.25) is 0 Å². The lowest BCUT2D eigenvalue weighted by Crippen LogP contribution is -1.90. The lowest BCUT2D eigenvalue weighted by Gasteiger charge is -1.93. The number of carbonyl (C=O) groups is 1. The molecule has 0 heterocycles. The molecule has 2 rings (SSSR count). The van der Waals surface area contributed by atoms with Gasteiger partial charge in [0.25, 0.3) is 0 Å². The maximum atomic E-state index is 10.8. The van der Waals surface area contributed by atoms with Gasteiger partial charge in [0.1, 0.15) is 0 Å². The van der Waals surface area contributed by atoms with Crippen molar-refractivity contribution in [3.8, 4) is 0 Å². The van der Waals surface area contributed by atoms with E-state index in [4.69, 9.17) is 0 Å². The van der Waals surface area contributed by atoms with Crippen LogP contribution in [0.3, 0.4) is 0 Å². The van der Waals surface area contributed by atoms with Crippen LogP contribution in [0.5, 0.6) is 0 Å². The summed E-state index contributed by atoms with van der Waals surface area (Å²) < 4.78 is 0. The molecule has 0 spiro atoms. The minimum absolute atomic E-state index is 0. The highest BCUT2D eigenvalue weighted by atomic mass is 16.1. The molecular weight excluding hydrogens is 232 g/mol. The predicted molar refractivity (Wildman–Crippen MR) is 83.8 cm³/mol. The second kappa shape index (κ2) is 8.25. The van der Waals surface area contributed by atoms with E-state index in [2.05, 4.69) is 38.1 Å². The predicted octanol–water partition coefficient (Wildman–Crippen LogP) is 5.14. The molecule has 0 N–H and O–H groups in total. The lowest BCUT2D eigenvalue weighted by molar-refractivity contribution is 0.101. The zero-order valence-corrected chi connectivity index (χ0v) is 11.5. The number of aryl methyl sites for hydroxylation is 3. The largest absolute Gasteiger partial charge is 0.295 e. The first-order chi connectivity index (χ1) is 8.49. The Labute approximate surface area is 117 Å². The molecule has 1 nitrogen and oxygen atoms in total. The summed E-state index contributed by atoms with van der Waals surface area (Å²) in [5.41, 5.74) is 4.64. The third-order valence-electron chi connectivity index (χ3n) is 2.63. The molecule has 0 aliphatic carbocycles. The Hall–Kier alpha value is -1.89. The Morgan fingerprint density at radius 2 is 1.26 bits per heavy atom. The number of hydrogen-bond acceptors (Lipinski definition) is 1. The standard InChI is InChI=1S/C9H10O.C8H10.CH4/c1-7-3-5-9(6-4-7)8(2)10;1-7-4-3-5-8(2)6-7;/h3-6H,1-2H3;3-6H,1-2H3;1H4. The van der Waals surface area contributed by atoms with E-state index in [-0.39, 0.29) is 13.2 Å². The van der Waals surface area contributed by atoms with Crippen LogP contribution in [-0.2, 0) is 0 Å². The fourth-order valence-electron chi connectivity index (χ4n) is 1.60. The van der Waals surface area contributed by atoms with Gasteiger partial charge in [0.05, 0.1) is 0 Å². The van der Waals surface area contributed by atoms with Gasteiger partial charge < -0.3 is 0 Å². The van der Waals surface area contributed by atoms with Crippen molar-refractivity contribution in [3.05, 3.63) is 70.8 Å². The first kappa shape index (κ1) is 17.1. The number of Topliss-reactive ketones (excluding diaryl/α,β-unsaturated/α-hetero) is 1. The van der Waals surface area contributed by atoms with E-state index in [1.807, 2.05) is 31.2 Å². The Bertz CT molecular complexity index is 492. The molecule has 102 valence electrons. The van der Waals surface area contributed by atoms with E-state index in [1.165, 1.54) is 16.7 Å². The van der Waals surface area contributed by atoms with Crippen LogP contribution in [0.25, 0.3) is 0 Å². The van der Waals surface area contributed by atoms with Crippen molar-refractivity contribution in [2.24, 2.45) is 0 Å². The van der Waals surface area contributed by atoms with Gasteiger partial charge in [-0.15, -0.1) is 0 Å². The van der Waals surface area contributed by atoms with Crippen LogP contribution in [0.15, 0.2) is 48.5 Å². The fraction of sp³-hybridized carbons (Fsp3) is 0.278. The second-order valence-electron chi connectivity index (χ2n) is 4.58. The minimum atomic E-state index is 0. The van der Waals surface area contributed by atoms with Crippen LogP contribution in [0.4, 0.5) is 0 Å². The van der Waals surface area contributed by atoms with Crippen LogP contribution < -0.4 is 0 Å². The lowest BCUT2D eigenvalue weighted by atomic mass is 10.1. The molecule has 0 bridgehead atoms. The first-order valence-corrected chi connectivity index (χ1v) is 6.10. The Morgan fingerprint density at radius 1 is 0.789 bits per heavy atom. The average molecular weight is 256 g/mol. The summed E-state index contributed by atoms with van der Waals surface area (Å²) >= 11 is 0. The quantitative estimate of drug-likeness (QED) is 0.646. The van der Waals surface area contributed by atoms with Crippen molar-refractivity contribution in [1.29, 1.82) is 0 Å². The summed E-state index contributed by atoms with van der Waals surface area (Å²) in [4.78, 5) is 10.8. The zero-order valence-electron chi connectivity index (χ0n) is 11.5. The van der Waals surface area contributed by atoms with E-state index < -0.39 is 0 Å². The summed E-state index contributed by atoms with van der Waals surface area (Å²) in [5, 5.41) is 0. The summed E-state index contributed by atoms with van der Waals surface area (Å²) in [7, 11) is 0. The second-order valence-corrected chi connectivity index (χ2v) is 4.58. The Balaban J connectivity index is 0.000000331. The molecule has 2 aromatic carbocycles. The van der Waals surface area contributed by atoms with Gasteiger partial charge in [-0.3, -0.25) is 4.79 Å². The van der Waals surface area contributed by atoms with Crippen molar-refractivity contribution >= 4 is 5.78 Å². The van der Waals surface area contributed by atoms with Crippen molar-refractivity contribution in [3.63, 3.8) is 0 Å². The van der Waals surface area contributed by atoms with Gasteiger partial charge in [0.15, 0.2) is 5.78 Å². The smallest absolute Gasteiger partial charge is 0.159 e. The molecule has 0 aliphatic heterocycles. The Kier molecular flexibility index (Phi) is 7.43. The SMILES string of the molecule is C.CC(=O)c1ccc(C)cc1.Cc1cccc(C)c1. The molecule has 0 amide bonds. The molecule has 0 atom stereocenters. The van der Waals surface area contributed by atoms with Crippen molar-refractivity contribution < 1.29 is 4.79 Å². The van der Waals surface area contributed by atoms with Crippen molar-refractivity contribution in [1.82, 2.24) is 0 Å².